The molecule has 0 bridgehead atoms. The summed E-state index contributed by atoms with van der Waals surface area (Å²) >= 11 is 1.77. The molecule has 3 heteroatoms. The maximum absolute atomic E-state index is 4.36. The van der Waals surface area contributed by atoms with Crippen LogP contribution < -0.4 is 5.32 Å². The Labute approximate surface area is 102 Å². The first-order chi connectivity index (χ1) is 7.83. The molecule has 1 aromatic heterocycles. The Bertz CT molecular complexity index is 368. The molecule has 0 spiro atoms. The van der Waals surface area contributed by atoms with Gasteiger partial charge in [-0.05, 0) is 39.7 Å². The molecule has 0 aliphatic heterocycles. The van der Waals surface area contributed by atoms with E-state index in [0.29, 0.717) is 6.04 Å². The summed E-state index contributed by atoms with van der Waals surface area (Å²) in [4.78, 5) is 5.74. The van der Waals surface area contributed by atoms with E-state index >= 15 is 0 Å². The summed E-state index contributed by atoms with van der Waals surface area (Å²) in [5.74, 6) is 0. The first kappa shape index (κ1) is 11.8. The standard InChI is InChI=1S/C13H20N2S/c1-10-13(16-9-15-10)12(14-2)11-7-5-3-4-6-8-11/h7,9,12,14H,3-6,8H2,1-2H3. The highest BCUT2D eigenvalue weighted by Gasteiger charge is 2.19. The van der Waals surface area contributed by atoms with Gasteiger partial charge in [-0.25, -0.2) is 4.98 Å². The normalized spacial score (nSPS) is 19.0. The van der Waals surface area contributed by atoms with E-state index in [9.17, 15) is 0 Å². The minimum atomic E-state index is 0.394. The lowest BCUT2D eigenvalue weighted by molar-refractivity contribution is 0.633. The number of hydrogen-bond acceptors (Lipinski definition) is 3. The van der Waals surface area contributed by atoms with Gasteiger partial charge in [-0.15, -0.1) is 11.3 Å². The van der Waals surface area contributed by atoms with E-state index in [2.05, 4.69) is 30.3 Å². The van der Waals surface area contributed by atoms with Crippen molar-refractivity contribution in [3.63, 3.8) is 0 Å². The number of nitrogens with one attached hydrogen (secondary N) is 1. The van der Waals surface area contributed by atoms with Gasteiger partial charge in [0.2, 0.25) is 0 Å². The van der Waals surface area contributed by atoms with Crippen LogP contribution in [-0.4, -0.2) is 12.0 Å². The predicted octanol–water partition coefficient (Wildman–Crippen LogP) is 3.60. The number of nitrogens with zero attached hydrogens (tertiary/aromatic N) is 1. The molecule has 1 aromatic rings. The van der Waals surface area contributed by atoms with Gasteiger partial charge in [0, 0.05) is 4.88 Å². The molecule has 0 radical (unpaired) electrons. The van der Waals surface area contributed by atoms with Crippen molar-refractivity contribution in [2.24, 2.45) is 0 Å². The van der Waals surface area contributed by atoms with Crippen LogP contribution >= 0.6 is 11.3 Å². The Balaban J connectivity index is 2.21. The highest BCUT2D eigenvalue weighted by molar-refractivity contribution is 7.09. The van der Waals surface area contributed by atoms with E-state index < -0.39 is 0 Å². The van der Waals surface area contributed by atoms with Gasteiger partial charge < -0.3 is 5.32 Å². The van der Waals surface area contributed by atoms with E-state index in [1.54, 1.807) is 16.9 Å². The second-order valence-electron chi connectivity index (χ2n) is 4.40. The second kappa shape index (κ2) is 5.60. The first-order valence-electron chi connectivity index (χ1n) is 6.09. The van der Waals surface area contributed by atoms with E-state index in [4.69, 9.17) is 0 Å². The van der Waals surface area contributed by atoms with Crippen molar-refractivity contribution in [2.75, 3.05) is 7.05 Å². The Kier molecular flexibility index (Phi) is 4.13. The van der Waals surface area contributed by atoms with Crippen LogP contribution in [0.2, 0.25) is 0 Å². The fourth-order valence-electron chi connectivity index (χ4n) is 2.37. The van der Waals surface area contributed by atoms with Gasteiger partial charge in [0.05, 0.1) is 17.2 Å². The molecule has 1 unspecified atom stereocenters. The third kappa shape index (κ3) is 2.53. The van der Waals surface area contributed by atoms with Gasteiger partial charge in [-0.1, -0.05) is 18.1 Å². The Morgan fingerprint density at radius 3 is 2.94 bits per heavy atom. The number of aryl methyl sites for hydroxylation is 1. The van der Waals surface area contributed by atoms with Crippen LogP contribution in [0.3, 0.4) is 0 Å². The molecule has 1 aliphatic carbocycles. The van der Waals surface area contributed by atoms with Crippen LogP contribution in [0.15, 0.2) is 17.2 Å². The average Bonchev–Trinajstić information content (AvgIpc) is 2.57. The molecule has 0 saturated heterocycles. The summed E-state index contributed by atoms with van der Waals surface area (Å²) in [6.45, 7) is 2.10. The van der Waals surface area contributed by atoms with Crippen LogP contribution in [0.25, 0.3) is 0 Å². The molecule has 0 aromatic carbocycles. The molecular formula is C13H20N2S. The van der Waals surface area contributed by atoms with Crippen LogP contribution in [0.5, 0.6) is 0 Å². The maximum Gasteiger partial charge on any atom is 0.0798 e. The lowest BCUT2D eigenvalue weighted by Gasteiger charge is -2.18. The van der Waals surface area contributed by atoms with Crippen molar-refractivity contribution in [1.82, 2.24) is 10.3 Å². The first-order valence-corrected chi connectivity index (χ1v) is 6.97. The van der Waals surface area contributed by atoms with Crippen LogP contribution in [0.4, 0.5) is 0 Å². The van der Waals surface area contributed by atoms with E-state index in [0.717, 1.165) is 0 Å². The molecule has 0 amide bonds. The van der Waals surface area contributed by atoms with Crippen LogP contribution in [0.1, 0.15) is 48.7 Å². The lowest BCUT2D eigenvalue weighted by atomic mass is 10.00. The van der Waals surface area contributed by atoms with E-state index in [1.807, 2.05) is 5.51 Å². The van der Waals surface area contributed by atoms with E-state index in [1.165, 1.54) is 42.7 Å². The average molecular weight is 236 g/mol. The predicted molar refractivity (Wildman–Crippen MR) is 69.8 cm³/mol. The molecule has 2 rings (SSSR count). The van der Waals surface area contributed by atoms with Crippen molar-refractivity contribution < 1.29 is 0 Å². The molecule has 2 nitrogen and oxygen atoms in total. The summed E-state index contributed by atoms with van der Waals surface area (Å²) in [7, 11) is 2.05. The van der Waals surface area contributed by atoms with Crippen molar-refractivity contribution >= 4 is 11.3 Å². The zero-order valence-corrected chi connectivity index (χ0v) is 10.9. The van der Waals surface area contributed by atoms with Crippen molar-refractivity contribution in [3.8, 4) is 0 Å². The monoisotopic (exact) mass is 236 g/mol. The summed E-state index contributed by atoms with van der Waals surface area (Å²) < 4.78 is 0. The van der Waals surface area contributed by atoms with Crippen molar-refractivity contribution in [2.45, 2.75) is 45.1 Å². The highest BCUT2D eigenvalue weighted by Crippen LogP contribution is 2.32. The Hall–Kier alpha value is -0.670. The molecule has 1 heterocycles. The smallest absolute Gasteiger partial charge is 0.0798 e. The summed E-state index contributed by atoms with van der Waals surface area (Å²) in [5.41, 5.74) is 4.69. The van der Waals surface area contributed by atoms with Crippen LogP contribution in [0, 0.1) is 6.92 Å². The number of hydrogen-bond donors (Lipinski definition) is 1. The lowest BCUT2D eigenvalue weighted by Crippen LogP contribution is -2.18. The van der Waals surface area contributed by atoms with Crippen molar-refractivity contribution in [1.29, 1.82) is 0 Å². The Morgan fingerprint density at radius 2 is 2.25 bits per heavy atom. The van der Waals surface area contributed by atoms with Gasteiger partial charge in [-0.3, -0.25) is 0 Å². The number of rotatable bonds is 3. The van der Waals surface area contributed by atoms with Gasteiger partial charge in [0.1, 0.15) is 0 Å². The van der Waals surface area contributed by atoms with Gasteiger partial charge >= 0.3 is 0 Å². The molecule has 0 fully saturated rings. The summed E-state index contributed by atoms with van der Waals surface area (Å²) in [6.07, 6.45) is 8.98. The van der Waals surface area contributed by atoms with Crippen LogP contribution in [-0.2, 0) is 0 Å². The number of aromatic nitrogens is 1. The van der Waals surface area contributed by atoms with Gasteiger partial charge in [0.25, 0.3) is 0 Å². The van der Waals surface area contributed by atoms with Crippen molar-refractivity contribution in [3.05, 3.63) is 27.7 Å². The molecule has 0 saturated carbocycles. The minimum Gasteiger partial charge on any atom is -0.309 e. The molecular weight excluding hydrogens is 216 g/mol. The highest BCUT2D eigenvalue weighted by atomic mass is 32.1. The third-order valence-electron chi connectivity index (χ3n) is 3.28. The molecule has 16 heavy (non-hydrogen) atoms. The third-order valence-corrected chi connectivity index (χ3v) is 4.28. The molecule has 88 valence electrons. The summed E-state index contributed by atoms with van der Waals surface area (Å²) in [6, 6.07) is 0.394. The number of thiazole rings is 1. The molecule has 1 atom stereocenters. The second-order valence-corrected chi connectivity index (χ2v) is 5.29. The largest absolute Gasteiger partial charge is 0.309 e. The van der Waals surface area contributed by atoms with Gasteiger partial charge in [-0.2, -0.15) is 0 Å². The van der Waals surface area contributed by atoms with E-state index in [-0.39, 0.29) is 0 Å². The number of likely N-dealkylation sites (N-methyl/N-ethyl adjacent to an activating group) is 1. The number of allylic oxidation sites excluding steroid dienone is 1. The fourth-order valence-corrected chi connectivity index (χ4v) is 3.33. The fraction of sp³-hybridized carbons (Fsp3) is 0.615. The zero-order chi connectivity index (χ0) is 11.4. The minimum absolute atomic E-state index is 0.394. The molecule has 1 aliphatic rings. The SMILES string of the molecule is CNC(C1=CCCCCC1)c1scnc1C. The van der Waals surface area contributed by atoms with Gasteiger partial charge in [0.15, 0.2) is 0 Å². The quantitative estimate of drug-likeness (QED) is 0.811. The molecule has 1 N–H and O–H groups in total. The Morgan fingerprint density at radius 1 is 1.38 bits per heavy atom. The summed E-state index contributed by atoms with van der Waals surface area (Å²) in [5, 5.41) is 3.44. The maximum atomic E-state index is 4.36. The topological polar surface area (TPSA) is 24.9 Å². The zero-order valence-electron chi connectivity index (χ0n) is 10.1.